The molecule has 0 aliphatic heterocycles. The first-order valence-electron chi connectivity index (χ1n) is 8.42. The molecule has 0 amide bonds. The van der Waals surface area contributed by atoms with Crippen LogP contribution < -0.4 is 5.32 Å². The van der Waals surface area contributed by atoms with Gasteiger partial charge in [-0.25, -0.2) is 4.98 Å². The van der Waals surface area contributed by atoms with Crippen molar-refractivity contribution in [3.63, 3.8) is 0 Å². The number of fused-ring (bicyclic) bond motifs is 1. The molecular formula is C21H20N4. The molecule has 4 nitrogen and oxygen atoms in total. The number of aromatic nitrogens is 3. The van der Waals surface area contributed by atoms with Crippen molar-refractivity contribution >= 4 is 11.5 Å². The predicted octanol–water partition coefficient (Wildman–Crippen LogP) is 4.63. The van der Waals surface area contributed by atoms with Crippen LogP contribution in [0.4, 0.5) is 5.82 Å². The van der Waals surface area contributed by atoms with E-state index in [1.165, 1.54) is 5.56 Å². The van der Waals surface area contributed by atoms with Gasteiger partial charge in [-0.1, -0.05) is 60.7 Å². The predicted molar refractivity (Wildman–Crippen MR) is 102 cm³/mol. The van der Waals surface area contributed by atoms with Crippen LogP contribution in [-0.4, -0.2) is 14.6 Å². The summed E-state index contributed by atoms with van der Waals surface area (Å²) in [5.74, 6) is 0.994. The Labute approximate surface area is 147 Å². The Hall–Kier alpha value is -3.14. The second kappa shape index (κ2) is 6.40. The number of nitrogens with one attached hydrogen (secondary N) is 1. The van der Waals surface area contributed by atoms with Crippen molar-refractivity contribution < 1.29 is 0 Å². The van der Waals surface area contributed by atoms with Crippen LogP contribution in [0.5, 0.6) is 0 Å². The van der Waals surface area contributed by atoms with Gasteiger partial charge in [0, 0.05) is 23.4 Å². The van der Waals surface area contributed by atoms with Crippen molar-refractivity contribution in [2.45, 2.75) is 20.4 Å². The molecule has 1 N–H and O–H groups in total. The minimum Gasteiger partial charge on any atom is -0.366 e. The van der Waals surface area contributed by atoms with Crippen LogP contribution >= 0.6 is 0 Å². The van der Waals surface area contributed by atoms with E-state index in [4.69, 9.17) is 4.98 Å². The van der Waals surface area contributed by atoms with E-state index >= 15 is 0 Å². The molecule has 0 aliphatic rings. The summed E-state index contributed by atoms with van der Waals surface area (Å²) >= 11 is 0. The number of rotatable bonds is 4. The van der Waals surface area contributed by atoms with Gasteiger partial charge in [0.15, 0.2) is 5.65 Å². The van der Waals surface area contributed by atoms with Gasteiger partial charge in [-0.15, -0.1) is 0 Å². The molecule has 25 heavy (non-hydrogen) atoms. The van der Waals surface area contributed by atoms with Gasteiger partial charge in [0.1, 0.15) is 5.82 Å². The molecule has 0 radical (unpaired) electrons. The van der Waals surface area contributed by atoms with Gasteiger partial charge in [-0.3, -0.25) is 0 Å². The maximum absolute atomic E-state index is 4.79. The minimum atomic E-state index is 0.751. The Morgan fingerprint density at radius 1 is 0.920 bits per heavy atom. The highest BCUT2D eigenvalue weighted by atomic mass is 15.3. The number of benzene rings is 2. The standard InChI is InChI=1S/C21H20N4/c1-15-16(2)24-21-19(18-11-7-4-8-12-18)14-23-25(21)20(15)22-13-17-9-5-3-6-10-17/h3-12,14,22H,13H2,1-2H3. The second-order valence-corrected chi connectivity index (χ2v) is 6.17. The fourth-order valence-electron chi connectivity index (χ4n) is 3.00. The summed E-state index contributed by atoms with van der Waals surface area (Å²) in [6, 6.07) is 20.6. The van der Waals surface area contributed by atoms with Crippen LogP contribution in [0.1, 0.15) is 16.8 Å². The topological polar surface area (TPSA) is 42.2 Å². The Balaban J connectivity index is 1.78. The van der Waals surface area contributed by atoms with Gasteiger partial charge in [0.05, 0.1) is 6.20 Å². The first-order chi connectivity index (χ1) is 12.2. The molecule has 0 fully saturated rings. The summed E-state index contributed by atoms with van der Waals surface area (Å²) in [5.41, 5.74) is 6.42. The highest BCUT2D eigenvalue weighted by Crippen LogP contribution is 2.27. The summed E-state index contributed by atoms with van der Waals surface area (Å²) < 4.78 is 1.91. The van der Waals surface area contributed by atoms with Crippen molar-refractivity contribution in [1.82, 2.24) is 14.6 Å². The van der Waals surface area contributed by atoms with Crippen molar-refractivity contribution in [3.8, 4) is 11.1 Å². The zero-order valence-electron chi connectivity index (χ0n) is 14.4. The van der Waals surface area contributed by atoms with E-state index in [0.717, 1.165) is 40.4 Å². The van der Waals surface area contributed by atoms with E-state index in [-0.39, 0.29) is 0 Å². The zero-order valence-corrected chi connectivity index (χ0v) is 14.4. The van der Waals surface area contributed by atoms with Crippen molar-refractivity contribution in [2.24, 2.45) is 0 Å². The summed E-state index contributed by atoms with van der Waals surface area (Å²) in [6.45, 7) is 4.88. The summed E-state index contributed by atoms with van der Waals surface area (Å²) in [5, 5.41) is 8.14. The summed E-state index contributed by atoms with van der Waals surface area (Å²) in [6.07, 6.45) is 1.89. The van der Waals surface area contributed by atoms with Crippen LogP contribution in [-0.2, 0) is 6.54 Å². The van der Waals surface area contributed by atoms with Gasteiger partial charge < -0.3 is 5.32 Å². The SMILES string of the molecule is Cc1nc2c(-c3ccccc3)cnn2c(NCc2ccccc2)c1C. The molecule has 0 saturated heterocycles. The van der Waals surface area contributed by atoms with E-state index < -0.39 is 0 Å². The molecule has 4 aromatic rings. The third-order valence-corrected chi connectivity index (χ3v) is 4.51. The molecule has 2 heterocycles. The van der Waals surface area contributed by atoms with Gasteiger partial charge in [-0.2, -0.15) is 9.61 Å². The fourth-order valence-corrected chi connectivity index (χ4v) is 3.00. The number of hydrogen-bond acceptors (Lipinski definition) is 3. The molecule has 124 valence electrons. The lowest BCUT2D eigenvalue weighted by molar-refractivity contribution is 0.904. The van der Waals surface area contributed by atoms with E-state index in [0.29, 0.717) is 0 Å². The van der Waals surface area contributed by atoms with Crippen LogP contribution in [0.25, 0.3) is 16.8 Å². The van der Waals surface area contributed by atoms with Gasteiger partial charge >= 0.3 is 0 Å². The normalized spacial score (nSPS) is 11.0. The lowest BCUT2D eigenvalue weighted by atomic mass is 10.1. The first-order valence-corrected chi connectivity index (χ1v) is 8.42. The molecule has 0 spiro atoms. The van der Waals surface area contributed by atoms with Crippen molar-refractivity contribution in [3.05, 3.63) is 83.7 Å². The first kappa shape index (κ1) is 15.4. The van der Waals surface area contributed by atoms with Crippen LogP contribution in [0.15, 0.2) is 66.9 Å². The quantitative estimate of drug-likeness (QED) is 0.594. The van der Waals surface area contributed by atoms with Gasteiger partial charge in [-0.05, 0) is 25.0 Å². The maximum Gasteiger partial charge on any atom is 0.165 e. The lowest BCUT2D eigenvalue weighted by Crippen LogP contribution is -2.09. The lowest BCUT2D eigenvalue weighted by Gasteiger charge is -2.13. The molecular weight excluding hydrogens is 308 g/mol. The average molecular weight is 328 g/mol. The van der Waals surface area contributed by atoms with E-state index in [1.807, 2.05) is 41.9 Å². The molecule has 4 rings (SSSR count). The average Bonchev–Trinajstić information content (AvgIpc) is 3.07. The highest BCUT2D eigenvalue weighted by Gasteiger charge is 2.14. The third-order valence-electron chi connectivity index (χ3n) is 4.51. The van der Waals surface area contributed by atoms with Crippen LogP contribution in [0, 0.1) is 13.8 Å². The van der Waals surface area contributed by atoms with E-state index in [9.17, 15) is 0 Å². The Bertz CT molecular complexity index is 1000. The van der Waals surface area contributed by atoms with Crippen LogP contribution in [0.2, 0.25) is 0 Å². The minimum absolute atomic E-state index is 0.751. The zero-order chi connectivity index (χ0) is 17.2. The van der Waals surface area contributed by atoms with E-state index in [2.05, 4.69) is 53.7 Å². The van der Waals surface area contributed by atoms with Crippen LogP contribution in [0.3, 0.4) is 0 Å². The molecule has 2 aromatic carbocycles. The summed E-state index contributed by atoms with van der Waals surface area (Å²) in [4.78, 5) is 4.79. The Kier molecular flexibility index (Phi) is 3.94. The largest absolute Gasteiger partial charge is 0.366 e. The third kappa shape index (κ3) is 2.87. The maximum atomic E-state index is 4.79. The fraction of sp³-hybridized carbons (Fsp3) is 0.143. The molecule has 0 bridgehead atoms. The molecule has 0 saturated carbocycles. The molecule has 0 atom stereocenters. The monoisotopic (exact) mass is 328 g/mol. The number of nitrogens with zero attached hydrogens (tertiary/aromatic N) is 3. The van der Waals surface area contributed by atoms with Gasteiger partial charge in [0.2, 0.25) is 0 Å². The Morgan fingerprint density at radius 3 is 2.32 bits per heavy atom. The summed E-state index contributed by atoms with van der Waals surface area (Å²) in [7, 11) is 0. The van der Waals surface area contributed by atoms with Crippen molar-refractivity contribution in [2.75, 3.05) is 5.32 Å². The molecule has 0 aliphatic carbocycles. The van der Waals surface area contributed by atoms with Crippen molar-refractivity contribution in [1.29, 1.82) is 0 Å². The highest BCUT2D eigenvalue weighted by molar-refractivity contribution is 5.78. The Morgan fingerprint density at radius 2 is 1.60 bits per heavy atom. The van der Waals surface area contributed by atoms with E-state index in [1.54, 1.807) is 0 Å². The smallest absolute Gasteiger partial charge is 0.165 e. The number of anilines is 1. The molecule has 4 heteroatoms. The number of aryl methyl sites for hydroxylation is 1. The molecule has 0 unspecified atom stereocenters. The molecule has 2 aromatic heterocycles. The second-order valence-electron chi connectivity index (χ2n) is 6.17. The number of hydrogen-bond donors (Lipinski definition) is 1. The van der Waals surface area contributed by atoms with Gasteiger partial charge in [0.25, 0.3) is 0 Å².